The Hall–Kier alpha value is -2.60. The molecule has 0 radical (unpaired) electrons. The Morgan fingerprint density at radius 3 is 2.74 bits per heavy atom. The lowest BCUT2D eigenvalue weighted by Crippen LogP contribution is -2.27. The summed E-state index contributed by atoms with van der Waals surface area (Å²) in [6.45, 7) is 0.391. The minimum atomic E-state index is -3.71. The number of carbonyl (C=O) groups excluding carboxylic acids is 1. The predicted octanol–water partition coefficient (Wildman–Crippen LogP) is -0.0158. The molecule has 27 heavy (non-hydrogen) atoms. The van der Waals surface area contributed by atoms with E-state index in [9.17, 15) is 13.2 Å². The number of methoxy groups -OCH3 is 2. The van der Waals surface area contributed by atoms with Gasteiger partial charge in [0, 0.05) is 26.3 Å². The van der Waals surface area contributed by atoms with Gasteiger partial charge in [0.25, 0.3) is 5.91 Å². The van der Waals surface area contributed by atoms with Crippen molar-refractivity contribution in [1.29, 1.82) is 0 Å². The van der Waals surface area contributed by atoms with Crippen LogP contribution < -0.4 is 15.8 Å². The molecular weight excluding hydrogens is 374 g/mol. The van der Waals surface area contributed by atoms with E-state index in [4.69, 9.17) is 15.2 Å². The number of carbonyl (C=O) groups is 1. The van der Waals surface area contributed by atoms with Crippen LogP contribution in [0.1, 0.15) is 10.5 Å². The van der Waals surface area contributed by atoms with Crippen LogP contribution in [0, 0.1) is 0 Å². The normalized spacial score (nSPS) is 11.3. The highest BCUT2D eigenvalue weighted by Gasteiger charge is 2.17. The molecule has 0 spiro atoms. The maximum absolute atomic E-state index is 12.3. The molecule has 0 aliphatic heterocycles. The molecule has 0 unspecified atom stereocenters. The van der Waals surface area contributed by atoms with Crippen LogP contribution in [-0.2, 0) is 19.5 Å². The van der Waals surface area contributed by atoms with E-state index in [2.05, 4.69) is 20.0 Å². The fraction of sp³-hybridized carbons (Fsp3) is 0.312. The number of nitrogens with two attached hydrogens (primary N) is 1. The van der Waals surface area contributed by atoms with Crippen molar-refractivity contribution in [3.63, 3.8) is 0 Å². The van der Waals surface area contributed by atoms with Crippen LogP contribution in [0.2, 0.25) is 0 Å². The number of nitrogen functional groups attached to an aromatic ring is 1. The molecule has 10 nitrogen and oxygen atoms in total. The molecule has 0 fully saturated rings. The van der Waals surface area contributed by atoms with Crippen LogP contribution in [0.4, 0.5) is 5.82 Å². The summed E-state index contributed by atoms with van der Waals surface area (Å²) >= 11 is 0. The summed E-state index contributed by atoms with van der Waals surface area (Å²) in [5.41, 5.74) is 6.42. The molecule has 1 amide bonds. The van der Waals surface area contributed by atoms with Gasteiger partial charge in [0.1, 0.15) is 6.73 Å². The van der Waals surface area contributed by atoms with Crippen molar-refractivity contribution in [2.45, 2.75) is 4.90 Å². The monoisotopic (exact) mass is 395 g/mol. The molecule has 0 saturated heterocycles. The Kier molecular flexibility index (Phi) is 7.19. The average Bonchev–Trinajstić information content (AvgIpc) is 2.66. The molecule has 0 aliphatic rings. The van der Waals surface area contributed by atoms with Gasteiger partial charge in [-0.2, -0.15) is 0 Å². The number of benzene rings is 1. The van der Waals surface area contributed by atoms with Crippen LogP contribution in [-0.4, -0.2) is 58.4 Å². The summed E-state index contributed by atoms with van der Waals surface area (Å²) in [6.07, 6.45) is 1.37. The van der Waals surface area contributed by atoms with Gasteiger partial charge < -0.3 is 20.5 Å². The number of ether oxygens (including phenoxy) is 2. The van der Waals surface area contributed by atoms with E-state index in [1.807, 2.05) is 0 Å². The molecule has 1 aromatic heterocycles. The van der Waals surface area contributed by atoms with Crippen molar-refractivity contribution < 1.29 is 22.7 Å². The van der Waals surface area contributed by atoms with E-state index in [1.54, 1.807) is 12.1 Å². The Balaban J connectivity index is 2.32. The van der Waals surface area contributed by atoms with Crippen molar-refractivity contribution in [2.24, 2.45) is 0 Å². The molecule has 0 saturated carbocycles. The number of nitrogens with zero attached hydrogens (tertiary/aromatic N) is 2. The fourth-order valence-electron chi connectivity index (χ4n) is 2.11. The highest BCUT2D eigenvalue weighted by molar-refractivity contribution is 7.89. The zero-order valence-corrected chi connectivity index (χ0v) is 15.7. The summed E-state index contributed by atoms with van der Waals surface area (Å²) in [4.78, 5) is 20.3. The van der Waals surface area contributed by atoms with E-state index in [1.165, 1.54) is 32.5 Å². The van der Waals surface area contributed by atoms with Crippen molar-refractivity contribution in [3.05, 3.63) is 36.2 Å². The number of rotatable bonds is 9. The van der Waals surface area contributed by atoms with Gasteiger partial charge in [0.05, 0.1) is 23.4 Å². The maximum Gasteiger partial charge on any atom is 0.275 e. The lowest BCUT2D eigenvalue weighted by molar-refractivity contribution is 0.0868. The smallest absolute Gasteiger partial charge is 0.275 e. The number of amides is 1. The lowest BCUT2D eigenvalue weighted by Gasteiger charge is -2.10. The second-order valence-corrected chi connectivity index (χ2v) is 7.11. The molecule has 2 rings (SSSR count). The molecule has 1 heterocycles. The third kappa shape index (κ3) is 5.44. The predicted molar refractivity (Wildman–Crippen MR) is 98.3 cm³/mol. The van der Waals surface area contributed by atoms with Crippen LogP contribution in [0.3, 0.4) is 0 Å². The van der Waals surface area contributed by atoms with Crippen LogP contribution in [0.15, 0.2) is 35.4 Å². The van der Waals surface area contributed by atoms with Crippen LogP contribution in [0.25, 0.3) is 11.3 Å². The third-order valence-corrected chi connectivity index (χ3v) is 4.89. The third-order valence-electron chi connectivity index (χ3n) is 3.43. The van der Waals surface area contributed by atoms with E-state index in [-0.39, 0.29) is 36.3 Å². The maximum atomic E-state index is 12.3. The van der Waals surface area contributed by atoms with Gasteiger partial charge in [0.15, 0.2) is 11.5 Å². The lowest BCUT2D eigenvalue weighted by atomic mass is 10.1. The Bertz CT molecular complexity index is 904. The largest absolute Gasteiger partial charge is 0.383 e. The Morgan fingerprint density at radius 2 is 2.04 bits per heavy atom. The Labute approximate surface area is 157 Å². The SMILES string of the molecule is COCCNS(=O)(=O)c1cccc(-c2cnc(N)c(C(=O)NCOC)n2)c1. The zero-order chi connectivity index (χ0) is 19.9. The highest BCUT2D eigenvalue weighted by Crippen LogP contribution is 2.21. The minimum Gasteiger partial charge on any atom is -0.383 e. The summed E-state index contributed by atoms with van der Waals surface area (Å²) in [6, 6.07) is 6.12. The molecule has 0 aliphatic carbocycles. The standard InChI is InChI=1S/C16H21N5O5S/c1-25-7-6-20-27(23,24)12-5-3-4-11(8-12)13-9-18-15(17)14(21-13)16(22)19-10-26-2/h3-5,8-9,20H,6-7,10H2,1-2H3,(H2,17,18)(H,19,22). The first-order valence-electron chi connectivity index (χ1n) is 7.87. The van der Waals surface area contributed by atoms with E-state index >= 15 is 0 Å². The first kappa shape index (κ1) is 20.7. The van der Waals surface area contributed by atoms with Gasteiger partial charge in [-0.25, -0.2) is 23.1 Å². The Morgan fingerprint density at radius 1 is 1.26 bits per heavy atom. The second-order valence-electron chi connectivity index (χ2n) is 5.35. The van der Waals surface area contributed by atoms with E-state index in [0.29, 0.717) is 11.3 Å². The summed E-state index contributed by atoms with van der Waals surface area (Å²) in [5, 5.41) is 2.47. The molecule has 4 N–H and O–H groups in total. The number of hydrogen-bond acceptors (Lipinski definition) is 8. The molecule has 1 aromatic carbocycles. The summed E-state index contributed by atoms with van der Waals surface area (Å²) in [7, 11) is -0.798. The molecule has 146 valence electrons. The average molecular weight is 395 g/mol. The summed E-state index contributed by atoms with van der Waals surface area (Å²) < 4.78 is 36.7. The van der Waals surface area contributed by atoms with Gasteiger partial charge in [0.2, 0.25) is 10.0 Å². The van der Waals surface area contributed by atoms with Gasteiger partial charge >= 0.3 is 0 Å². The second kappa shape index (κ2) is 9.37. The number of sulfonamides is 1. The van der Waals surface area contributed by atoms with Gasteiger partial charge in [-0.05, 0) is 12.1 Å². The number of aromatic nitrogens is 2. The number of anilines is 1. The van der Waals surface area contributed by atoms with Gasteiger partial charge in [-0.1, -0.05) is 12.1 Å². The topological polar surface area (TPSA) is 146 Å². The van der Waals surface area contributed by atoms with E-state index < -0.39 is 15.9 Å². The van der Waals surface area contributed by atoms with Gasteiger partial charge in [-0.15, -0.1) is 0 Å². The highest BCUT2D eigenvalue weighted by atomic mass is 32.2. The molecular formula is C16H21N5O5S. The zero-order valence-electron chi connectivity index (χ0n) is 14.9. The quantitative estimate of drug-likeness (QED) is 0.397. The van der Waals surface area contributed by atoms with Crippen molar-refractivity contribution in [2.75, 3.05) is 39.8 Å². The molecule has 0 atom stereocenters. The molecule has 11 heteroatoms. The number of hydrogen-bond donors (Lipinski definition) is 3. The first-order valence-corrected chi connectivity index (χ1v) is 9.36. The summed E-state index contributed by atoms with van der Waals surface area (Å²) in [5.74, 6) is -0.592. The number of nitrogens with one attached hydrogen (secondary N) is 2. The van der Waals surface area contributed by atoms with Crippen LogP contribution >= 0.6 is 0 Å². The van der Waals surface area contributed by atoms with Crippen molar-refractivity contribution >= 4 is 21.7 Å². The van der Waals surface area contributed by atoms with E-state index in [0.717, 1.165) is 0 Å². The minimum absolute atomic E-state index is 0.00888. The molecule has 2 aromatic rings. The fourth-order valence-corrected chi connectivity index (χ4v) is 3.17. The van der Waals surface area contributed by atoms with Crippen molar-refractivity contribution in [1.82, 2.24) is 20.0 Å². The van der Waals surface area contributed by atoms with Gasteiger partial charge in [-0.3, -0.25) is 4.79 Å². The first-order chi connectivity index (χ1) is 12.9. The van der Waals surface area contributed by atoms with Crippen molar-refractivity contribution in [3.8, 4) is 11.3 Å². The molecule has 0 bridgehead atoms. The van der Waals surface area contributed by atoms with Crippen LogP contribution in [0.5, 0.6) is 0 Å².